The lowest BCUT2D eigenvalue weighted by Crippen LogP contribution is -2.40. The van der Waals surface area contributed by atoms with Gasteiger partial charge >= 0.3 is 0 Å². The molecule has 7 nitrogen and oxygen atoms in total. The number of para-hydroxylation sites is 1. The number of amides is 1. The number of phenols is 1. The van der Waals surface area contributed by atoms with Crippen LogP contribution in [0.25, 0.3) is 0 Å². The fourth-order valence-corrected chi connectivity index (χ4v) is 6.85. The van der Waals surface area contributed by atoms with Crippen molar-refractivity contribution in [1.29, 1.82) is 0 Å². The molecule has 0 radical (unpaired) electrons. The molecule has 2 aromatic rings. The molecule has 7 heteroatoms. The number of allylic oxidation sites excluding steroid dienone is 5. The average Bonchev–Trinajstić information content (AvgIpc) is 3.62. The van der Waals surface area contributed by atoms with E-state index in [9.17, 15) is 15.0 Å². The molecule has 4 atom stereocenters. The lowest BCUT2D eigenvalue weighted by molar-refractivity contribution is 0.0951. The fraction of sp³-hybridized carbons (Fsp3) is 0.303. The van der Waals surface area contributed by atoms with Crippen LogP contribution < -0.4 is 16.0 Å². The Bertz CT molecular complexity index is 1520. The first kappa shape index (κ1) is 24.8. The smallest absolute Gasteiger partial charge is 0.252 e. The highest BCUT2D eigenvalue weighted by Gasteiger charge is 2.43. The molecule has 1 amide bonds. The van der Waals surface area contributed by atoms with Crippen LogP contribution in [0.1, 0.15) is 52.7 Å². The minimum absolute atomic E-state index is 0.0364. The molecule has 0 fully saturated rings. The molecule has 0 saturated heterocycles. The largest absolute Gasteiger partial charge is 0.512 e. The van der Waals surface area contributed by atoms with E-state index in [-0.39, 0.29) is 29.7 Å². The summed E-state index contributed by atoms with van der Waals surface area (Å²) in [4.78, 5) is 15.2. The molecule has 5 N–H and O–H groups in total. The maximum absolute atomic E-state index is 12.8. The number of hydrogen-bond donors (Lipinski definition) is 5. The Labute approximate surface area is 234 Å². The molecular weight excluding hydrogens is 500 g/mol. The van der Waals surface area contributed by atoms with Crippen molar-refractivity contribution in [3.05, 3.63) is 118 Å². The van der Waals surface area contributed by atoms with Crippen molar-refractivity contribution in [3.8, 4) is 5.75 Å². The zero-order valence-electron chi connectivity index (χ0n) is 22.3. The highest BCUT2D eigenvalue weighted by molar-refractivity contribution is 5.99. The highest BCUT2D eigenvalue weighted by atomic mass is 16.3. The number of benzene rings is 2. The lowest BCUT2D eigenvalue weighted by Gasteiger charge is -2.31. The van der Waals surface area contributed by atoms with Gasteiger partial charge in [-0.2, -0.15) is 0 Å². The predicted molar refractivity (Wildman–Crippen MR) is 156 cm³/mol. The third-order valence-corrected chi connectivity index (χ3v) is 8.88. The Hall–Kier alpha value is -4.23. The Kier molecular flexibility index (Phi) is 6.24. The minimum atomic E-state index is -0.207. The molecule has 4 unspecified atom stereocenters. The van der Waals surface area contributed by atoms with Crippen LogP contribution in [0.15, 0.2) is 102 Å². The number of aliphatic hydroxyl groups excluding tert-OH is 1. The zero-order valence-corrected chi connectivity index (χ0v) is 22.3. The van der Waals surface area contributed by atoms with E-state index in [0.29, 0.717) is 17.4 Å². The minimum Gasteiger partial charge on any atom is -0.512 e. The van der Waals surface area contributed by atoms with Gasteiger partial charge in [0.15, 0.2) is 0 Å². The number of aliphatic hydroxyl groups is 1. The number of aromatic hydroxyl groups is 1. The second kappa shape index (κ2) is 10.1. The van der Waals surface area contributed by atoms with Crippen molar-refractivity contribution in [1.82, 2.24) is 15.5 Å². The molecule has 0 spiro atoms. The van der Waals surface area contributed by atoms with Gasteiger partial charge in [-0.05, 0) is 66.0 Å². The molecule has 0 saturated carbocycles. The van der Waals surface area contributed by atoms with E-state index in [1.54, 1.807) is 18.2 Å². The second-order valence-corrected chi connectivity index (χ2v) is 11.4. The van der Waals surface area contributed by atoms with E-state index >= 15 is 0 Å². The Morgan fingerprint density at radius 1 is 0.950 bits per heavy atom. The van der Waals surface area contributed by atoms with Gasteiger partial charge in [-0.3, -0.25) is 4.79 Å². The Morgan fingerprint density at radius 2 is 1.82 bits per heavy atom. The molecule has 7 rings (SSSR count). The topological polar surface area (TPSA) is 96.9 Å². The number of fused-ring (bicyclic) bond motifs is 3. The third kappa shape index (κ3) is 4.50. The van der Waals surface area contributed by atoms with Gasteiger partial charge in [0.25, 0.3) is 5.91 Å². The SMILES string of the molecule is O=C1NC(C2c3ccccc3NC2CNCC2=CC=C3C=CN(CC4=CC=C(O)CC4)C3C2)c2cc(O)ccc21. The second-order valence-electron chi connectivity index (χ2n) is 11.4. The standard InChI is InChI=1S/C33H34N4O3/c38-23-9-6-20(7-10-23)19-37-14-13-22-8-5-21(15-30(22)37)17-34-18-29-31(26-3-1-2-4-28(26)35-29)32-27-16-24(39)11-12-25(27)33(40)36-32/h1-6,8-9,11-14,16,29-32,34-35,38-39H,7,10,15,17-19H2,(H,36,40). The van der Waals surface area contributed by atoms with Crippen LogP contribution in [-0.2, 0) is 0 Å². The van der Waals surface area contributed by atoms with E-state index in [1.165, 1.54) is 22.3 Å². The third-order valence-electron chi connectivity index (χ3n) is 8.88. The molecule has 2 aliphatic carbocycles. The van der Waals surface area contributed by atoms with Crippen molar-refractivity contribution in [2.24, 2.45) is 0 Å². The van der Waals surface area contributed by atoms with Crippen LogP contribution in [0.3, 0.4) is 0 Å². The maximum Gasteiger partial charge on any atom is 0.252 e. The van der Waals surface area contributed by atoms with Crippen molar-refractivity contribution in [2.45, 2.75) is 43.3 Å². The summed E-state index contributed by atoms with van der Waals surface area (Å²) in [6, 6.07) is 13.6. The molecule has 2 aromatic carbocycles. The number of hydrogen-bond acceptors (Lipinski definition) is 6. The van der Waals surface area contributed by atoms with Gasteiger partial charge in [0, 0.05) is 55.5 Å². The number of nitrogens with zero attached hydrogens (tertiary/aromatic N) is 1. The van der Waals surface area contributed by atoms with Gasteiger partial charge in [-0.15, -0.1) is 0 Å². The summed E-state index contributed by atoms with van der Waals surface area (Å²) in [5.74, 6) is 0.595. The summed E-state index contributed by atoms with van der Waals surface area (Å²) in [6.45, 7) is 2.42. The van der Waals surface area contributed by atoms with Crippen LogP contribution in [0, 0.1) is 0 Å². The van der Waals surface area contributed by atoms with Gasteiger partial charge < -0.3 is 31.1 Å². The number of anilines is 1. The number of carbonyl (C=O) groups excluding carboxylic acids is 1. The molecular formula is C33H34N4O3. The molecule has 3 heterocycles. The number of nitrogens with one attached hydrogen (secondary N) is 3. The van der Waals surface area contributed by atoms with Gasteiger partial charge in [0.1, 0.15) is 5.75 Å². The fourth-order valence-electron chi connectivity index (χ4n) is 6.85. The van der Waals surface area contributed by atoms with Gasteiger partial charge in [-0.1, -0.05) is 47.6 Å². The van der Waals surface area contributed by atoms with Gasteiger partial charge in [-0.25, -0.2) is 0 Å². The van der Waals surface area contributed by atoms with E-state index in [0.717, 1.165) is 50.1 Å². The van der Waals surface area contributed by atoms with Gasteiger partial charge in [0.2, 0.25) is 0 Å². The summed E-state index contributed by atoms with van der Waals surface area (Å²) in [5.41, 5.74) is 7.86. The van der Waals surface area contributed by atoms with E-state index in [2.05, 4.69) is 63.5 Å². The summed E-state index contributed by atoms with van der Waals surface area (Å²) >= 11 is 0. The molecule has 3 aliphatic heterocycles. The molecule has 204 valence electrons. The molecule has 40 heavy (non-hydrogen) atoms. The first-order chi connectivity index (χ1) is 19.5. The summed E-state index contributed by atoms with van der Waals surface area (Å²) in [6.07, 6.45) is 15.4. The summed E-state index contributed by atoms with van der Waals surface area (Å²) in [7, 11) is 0. The highest BCUT2D eigenvalue weighted by Crippen LogP contribution is 2.46. The van der Waals surface area contributed by atoms with Crippen molar-refractivity contribution < 1.29 is 15.0 Å². The van der Waals surface area contributed by atoms with Crippen molar-refractivity contribution >= 4 is 11.6 Å². The van der Waals surface area contributed by atoms with Crippen LogP contribution >= 0.6 is 0 Å². The molecule has 5 aliphatic rings. The van der Waals surface area contributed by atoms with Crippen LogP contribution in [0.5, 0.6) is 5.75 Å². The van der Waals surface area contributed by atoms with E-state index in [1.807, 2.05) is 18.2 Å². The van der Waals surface area contributed by atoms with Crippen LogP contribution in [-0.4, -0.2) is 52.7 Å². The predicted octanol–water partition coefficient (Wildman–Crippen LogP) is 4.96. The quantitative estimate of drug-likeness (QED) is 0.345. The van der Waals surface area contributed by atoms with Crippen molar-refractivity contribution in [3.63, 3.8) is 0 Å². The number of rotatable bonds is 7. The van der Waals surface area contributed by atoms with Gasteiger partial charge in [0.05, 0.1) is 17.8 Å². The monoisotopic (exact) mass is 534 g/mol. The van der Waals surface area contributed by atoms with Crippen LogP contribution in [0.2, 0.25) is 0 Å². The lowest BCUT2D eigenvalue weighted by atomic mass is 9.84. The Morgan fingerprint density at radius 3 is 2.70 bits per heavy atom. The normalized spacial score (nSPS) is 26.2. The first-order valence-corrected chi connectivity index (χ1v) is 14.1. The zero-order chi connectivity index (χ0) is 27.2. The van der Waals surface area contributed by atoms with E-state index < -0.39 is 0 Å². The number of phenolic OH excluding ortho intramolecular Hbond substituents is 1. The first-order valence-electron chi connectivity index (χ1n) is 14.1. The molecule has 0 aromatic heterocycles. The van der Waals surface area contributed by atoms with Crippen molar-refractivity contribution in [2.75, 3.05) is 25.0 Å². The van der Waals surface area contributed by atoms with Crippen LogP contribution in [0.4, 0.5) is 5.69 Å². The average molecular weight is 535 g/mol. The van der Waals surface area contributed by atoms with E-state index in [4.69, 9.17) is 0 Å². The molecule has 0 bridgehead atoms. The Balaban J connectivity index is 1.03. The summed E-state index contributed by atoms with van der Waals surface area (Å²) < 4.78 is 0. The number of carbonyl (C=O) groups is 1. The summed E-state index contributed by atoms with van der Waals surface area (Å²) in [5, 5.41) is 30.5. The maximum atomic E-state index is 12.8.